The van der Waals surface area contributed by atoms with Crippen LogP contribution in [0.4, 0.5) is 11.8 Å². The Labute approximate surface area is 150 Å². The average molecular weight is 351 g/mol. The summed E-state index contributed by atoms with van der Waals surface area (Å²) in [5, 5.41) is 14.0. The molecule has 0 amide bonds. The van der Waals surface area contributed by atoms with Crippen LogP contribution in [0.3, 0.4) is 0 Å². The fourth-order valence-corrected chi connectivity index (χ4v) is 3.05. The van der Waals surface area contributed by atoms with Crippen molar-refractivity contribution in [3.05, 3.63) is 41.6 Å². The summed E-state index contributed by atoms with van der Waals surface area (Å²) >= 11 is 0. The van der Waals surface area contributed by atoms with Crippen LogP contribution in [0.5, 0.6) is 0 Å². The topological polar surface area (TPSA) is 130 Å². The molecule has 3 aromatic rings. The van der Waals surface area contributed by atoms with Gasteiger partial charge < -0.3 is 16.4 Å². The molecule has 5 N–H and O–H groups in total. The molecule has 1 aliphatic rings. The van der Waals surface area contributed by atoms with E-state index in [-0.39, 0.29) is 0 Å². The summed E-state index contributed by atoms with van der Waals surface area (Å²) in [5.41, 5.74) is 8.99. The van der Waals surface area contributed by atoms with Crippen LogP contribution in [-0.4, -0.2) is 49.8 Å². The smallest absolute Gasteiger partial charge is 0.222 e. The molecule has 9 heteroatoms. The van der Waals surface area contributed by atoms with Crippen molar-refractivity contribution in [1.82, 2.24) is 35.5 Å². The fourth-order valence-electron chi connectivity index (χ4n) is 3.05. The number of hydrogen-bond donors (Lipinski definition) is 4. The maximum Gasteiger partial charge on any atom is 0.222 e. The van der Waals surface area contributed by atoms with Crippen molar-refractivity contribution < 1.29 is 0 Å². The van der Waals surface area contributed by atoms with Gasteiger partial charge in [-0.05, 0) is 25.1 Å². The van der Waals surface area contributed by atoms with Crippen molar-refractivity contribution in [2.45, 2.75) is 19.3 Å². The third-order valence-corrected chi connectivity index (χ3v) is 4.32. The number of aromatic nitrogens is 6. The maximum atomic E-state index is 5.87. The minimum Gasteiger partial charge on any atom is -0.369 e. The summed E-state index contributed by atoms with van der Waals surface area (Å²) in [5.74, 6) is 2.63. The molecule has 3 aromatic heterocycles. The number of rotatable bonds is 5. The molecule has 26 heavy (non-hydrogen) atoms. The van der Waals surface area contributed by atoms with Crippen LogP contribution in [-0.2, 0) is 19.3 Å². The van der Waals surface area contributed by atoms with Crippen LogP contribution in [0.25, 0.3) is 11.4 Å². The first-order chi connectivity index (χ1) is 12.8. The van der Waals surface area contributed by atoms with Gasteiger partial charge >= 0.3 is 0 Å². The molecule has 0 atom stereocenters. The lowest BCUT2D eigenvalue weighted by Gasteiger charge is -2.13. The van der Waals surface area contributed by atoms with Crippen molar-refractivity contribution in [2.75, 3.05) is 30.7 Å². The third kappa shape index (κ3) is 3.62. The summed E-state index contributed by atoms with van der Waals surface area (Å²) in [6.45, 7) is 2.52. The van der Waals surface area contributed by atoms with Crippen LogP contribution < -0.4 is 16.4 Å². The molecule has 0 saturated carbocycles. The first-order valence-corrected chi connectivity index (χ1v) is 8.71. The number of fused-ring (bicyclic) bond motifs is 1. The molecule has 4 rings (SSSR count). The quantitative estimate of drug-likeness (QED) is 0.525. The third-order valence-electron chi connectivity index (χ3n) is 4.32. The van der Waals surface area contributed by atoms with Crippen molar-refractivity contribution in [3.8, 4) is 11.4 Å². The molecule has 4 heterocycles. The molecule has 0 radical (unpaired) electrons. The molecule has 0 saturated heterocycles. The Morgan fingerprint density at radius 2 is 1.92 bits per heavy atom. The van der Waals surface area contributed by atoms with Crippen LogP contribution in [0, 0.1) is 0 Å². The van der Waals surface area contributed by atoms with Crippen molar-refractivity contribution in [1.29, 1.82) is 0 Å². The highest BCUT2D eigenvalue weighted by Crippen LogP contribution is 2.20. The summed E-state index contributed by atoms with van der Waals surface area (Å²) in [7, 11) is 0. The molecule has 0 bridgehead atoms. The van der Waals surface area contributed by atoms with Crippen LogP contribution in [0.15, 0.2) is 24.5 Å². The maximum absolute atomic E-state index is 5.87. The van der Waals surface area contributed by atoms with Gasteiger partial charge in [0.05, 0.1) is 5.69 Å². The minimum absolute atomic E-state index is 0.313. The molecule has 134 valence electrons. The number of hydrogen-bond acceptors (Lipinski definition) is 8. The summed E-state index contributed by atoms with van der Waals surface area (Å²) < 4.78 is 0. The first kappa shape index (κ1) is 16.4. The van der Waals surface area contributed by atoms with E-state index >= 15 is 0 Å². The zero-order valence-electron chi connectivity index (χ0n) is 14.4. The molecular formula is C17H21N9. The second-order valence-corrected chi connectivity index (χ2v) is 6.12. The van der Waals surface area contributed by atoms with Gasteiger partial charge in [0, 0.05) is 49.5 Å². The normalized spacial score (nSPS) is 13.8. The molecule has 1 aliphatic heterocycles. The number of pyridine rings is 1. The number of nitrogens with two attached hydrogens (primary N) is 1. The predicted molar refractivity (Wildman–Crippen MR) is 98.5 cm³/mol. The van der Waals surface area contributed by atoms with Crippen molar-refractivity contribution in [2.24, 2.45) is 0 Å². The Kier molecular flexibility index (Phi) is 4.69. The molecular weight excluding hydrogens is 330 g/mol. The monoisotopic (exact) mass is 351 g/mol. The van der Waals surface area contributed by atoms with E-state index in [9.17, 15) is 0 Å². The Bertz CT molecular complexity index is 875. The van der Waals surface area contributed by atoms with Crippen LogP contribution in [0.2, 0.25) is 0 Å². The van der Waals surface area contributed by atoms with E-state index in [2.05, 4.69) is 40.8 Å². The molecule has 0 unspecified atom stereocenters. The number of nitrogen functional groups attached to an aromatic ring is 1. The van der Waals surface area contributed by atoms with Gasteiger partial charge in [-0.15, -0.1) is 0 Å². The van der Waals surface area contributed by atoms with Gasteiger partial charge in [0.2, 0.25) is 5.95 Å². The lowest BCUT2D eigenvalue weighted by molar-refractivity contribution is 0.708. The highest BCUT2D eigenvalue weighted by molar-refractivity contribution is 5.53. The van der Waals surface area contributed by atoms with E-state index in [1.807, 2.05) is 12.1 Å². The molecule has 0 aromatic carbocycles. The van der Waals surface area contributed by atoms with E-state index in [1.54, 1.807) is 12.4 Å². The summed E-state index contributed by atoms with van der Waals surface area (Å²) in [4.78, 5) is 17.3. The van der Waals surface area contributed by atoms with E-state index in [0.29, 0.717) is 24.7 Å². The predicted octanol–water partition coefficient (Wildman–Crippen LogP) is 0.582. The Morgan fingerprint density at radius 3 is 2.81 bits per heavy atom. The second-order valence-electron chi connectivity index (χ2n) is 6.12. The van der Waals surface area contributed by atoms with Crippen LogP contribution >= 0.6 is 0 Å². The fraction of sp³-hybridized carbons (Fsp3) is 0.353. The average Bonchev–Trinajstić information content (AvgIpc) is 3.00. The molecule has 0 spiro atoms. The van der Waals surface area contributed by atoms with Gasteiger partial charge in [-0.25, -0.2) is 9.97 Å². The molecule has 9 nitrogen and oxygen atoms in total. The van der Waals surface area contributed by atoms with Crippen LogP contribution in [0.1, 0.15) is 17.1 Å². The zero-order valence-corrected chi connectivity index (χ0v) is 14.4. The highest BCUT2D eigenvalue weighted by Gasteiger charge is 2.15. The largest absolute Gasteiger partial charge is 0.369 e. The SMILES string of the molecule is Nc1nc2c(c(NCCc3nc(-c4ccncc4)n[nH]3)n1)CCNCC2. The number of anilines is 2. The minimum atomic E-state index is 0.313. The number of nitrogens with zero attached hydrogens (tertiary/aromatic N) is 5. The number of aromatic amines is 1. The number of H-pyrrole nitrogens is 1. The second kappa shape index (κ2) is 7.44. The Balaban J connectivity index is 1.43. The van der Waals surface area contributed by atoms with Gasteiger partial charge in [-0.1, -0.05) is 0 Å². The lowest BCUT2D eigenvalue weighted by Crippen LogP contribution is -2.16. The van der Waals surface area contributed by atoms with Gasteiger partial charge in [-0.2, -0.15) is 10.1 Å². The zero-order chi connectivity index (χ0) is 17.8. The van der Waals surface area contributed by atoms with Crippen molar-refractivity contribution >= 4 is 11.8 Å². The molecule has 0 fully saturated rings. The molecule has 0 aliphatic carbocycles. The Morgan fingerprint density at radius 1 is 1.08 bits per heavy atom. The first-order valence-electron chi connectivity index (χ1n) is 8.71. The van der Waals surface area contributed by atoms with Gasteiger partial charge in [-0.3, -0.25) is 10.1 Å². The van der Waals surface area contributed by atoms with Gasteiger partial charge in [0.1, 0.15) is 11.6 Å². The summed E-state index contributed by atoms with van der Waals surface area (Å²) in [6.07, 6.45) is 5.93. The van der Waals surface area contributed by atoms with E-state index in [1.165, 1.54) is 0 Å². The van der Waals surface area contributed by atoms with E-state index < -0.39 is 0 Å². The van der Waals surface area contributed by atoms with E-state index in [4.69, 9.17) is 5.73 Å². The Hall–Kier alpha value is -3.07. The lowest BCUT2D eigenvalue weighted by atomic mass is 10.1. The number of nitrogens with one attached hydrogen (secondary N) is 3. The van der Waals surface area contributed by atoms with Gasteiger partial charge in [0.25, 0.3) is 0 Å². The highest BCUT2D eigenvalue weighted by atomic mass is 15.2. The summed E-state index contributed by atoms with van der Waals surface area (Å²) in [6, 6.07) is 3.77. The standard InChI is InChI=1S/C17H21N9/c18-17-22-13-4-9-20-8-3-12(13)16(24-17)21-10-5-14-23-15(26-25-14)11-1-6-19-7-2-11/h1-2,6-7,20H,3-5,8-10H2,(H,23,25,26)(H3,18,21,22,24). The van der Waals surface area contributed by atoms with Gasteiger partial charge in [0.15, 0.2) is 5.82 Å². The van der Waals surface area contributed by atoms with E-state index in [0.717, 1.165) is 54.4 Å². The van der Waals surface area contributed by atoms with Crippen molar-refractivity contribution in [3.63, 3.8) is 0 Å².